The Balaban J connectivity index is 1.97. The molecule has 1 aromatic heterocycles. The van der Waals surface area contributed by atoms with Crippen LogP contribution in [0.1, 0.15) is 21.7 Å². The Hall–Kier alpha value is -2.68. The molecule has 3 heteroatoms. The molecule has 1 heterocycles. The first-order valence-electron chi connectivity index (χ1n) is 6.46. The summed E-state index contributed by atoms with van der Waals surface area (Å²) in [5.41, 5.74) is 2.46. The van der Waals surface area contributed by atoms with E-state index in [1.165, 1.54) is 0 Å². The highest BCUT2D eigenvalue weighted by molar-refractivity contribution is 6.14. The smallest absolute Gasteiger partial charge is 0.186 e. The Morgan fingerprint density at radius 3 is 2.75 bits per heavy atom. The number of hydrogen-bond donors (Lipinski definition) is 1. The minimum absolute atomic E-state index is 0.0100. The van der Waals surface area contributed by atoms with Crippen LogP contribution < -0.4 is 0 Å². The number of rotatable bonds is 3. The van der Waals surface area contributed by atoms with E-state index in [1.807, 2.05) is 49.4 Å². The quantitative estimate of drug-likeness (QED) is 0.577. The third-order valence-corrected chi connectivity index (χ3v) is 3.32. The lowest BCUT2D eigenvalue weighted by Gasteiger charge is -2.02. The zero-order valence-electron chi connectivity index (χ0n) is 11.1. The molecule has 0 aliphatic heterocycles. The molecule has 0 amide bonds. The summed E-state index contributed by atoms with van der Waals surface area (Å²) in [4.78, 5) is 19.5. The largest absolute Gasteiger partial charge is 0.348 e. The van der Waals surface area contributed by atoms with Gasteiger partial charge in [-0.1, -0.05) is 42.5 Å². The maximum atomic E-state index is 12.3. The molecule has 0 unspecified atom stereocenters. The number of aromatic nitrogens is 2. The molecule has 0 saturated carbocycles. The standard InChI is InChI=1S/C17H14N2O/c1-12-16(19-11-18-12)9-10-17(20)15-8-4-6-13-5-2-3-7-14(13)15/h2-11H,1H3,(H,18,19). The van der Waals surface area contributed by atoms with E-state index < -0.39 is 0 Å². The van der Waals surface area contributed by atoms with Crippen LogP contribution in [-0.2, 0) is 0 Å². The van der Waals surface area contributed by atoms with Gasteiger partial charge in [0.2, 0.25) is 0 Å². The van der Waals surface area contributed by atoms with Crippen molar-refractivity contribution in [3.05, 3.63) is 71.8 Å². The van der Waals surface area contributed by atoms with Crippen molar-refractivity contribution >= 4 is 22.6 Å². The Morgan fingerprint density at radius 2 is 1.95 bits per heavy atom. The van der Waals surface area contributed by atoms with Crippen LogP contribution in [0.4, 0.5) is 0 Å². The summed E-state index contributed by atoms with van der Waals surface area (Å²) in [7, 11) is 0. The fourth-order valence-corrected chi connectivity index (χ4v) is 2.22. The van der Waals surface area contributed by atoms with Crippen molar-refractivity contribution < 1.29 is 4.79 Å². The van der Waals surface area contributed by atoms with Crippen LogP contribution in [0.5, 0.6) is 0 Å². The predicted molar refractivity (Wildman–Crippen MR) is 80.6 cm³/mol. The van der Waals surface area contributed by atoms with Crippen molar-refractivity contribution in [3.63, 3.8) is 0 Å². The van der Waals surface area contributed by atoms with Crippen molar-refractivity contribution in [2.75, 3.05) is 0 Å². The molecule has 0 aliphatic rings. The van der Waals surface area contributed by atoms with Gasteiger partial charge in [-0.25, -0.2) is 4.98 Å². The van der Waals surface area contributed by atoms with Gasteiger partial charge in [-0.2, -0.15) is 0 Å². The number of H-pyrrole nitrogens is 1. The maximum Gasteiger partial charge on any atom is 0.186 e. The van der Waals surface area contributed by atoms with Crippen LogP contribution in [0, 0.1) is 6.92 Å². The van der Waals surface area contributed by atoms with Gasteiger partial charge in [-0.3, -0.25) is 4.79 Å². The second-order valence-corrected chi connectivity index (χ2v) is 4.64. The second-order valence-electron chi connectivity index (χ2n) is 4.64. The zero-order chi connectivity index (χ0) is 13.9. The third kappa shape index (κ3) is 2.26. The highest BCUT2D eigenvalue weighted by Gasteiger charge is 2.06. The summed E-state index contributed by atoms with van der Waals surface area (Å²) in [5, 5.41) is 2.05. The molecule has 0 fully saturated rings. The summed E-state index contributed by atoms with van der Waals surface area (Å²) in [5.74, 6) is -0.0100. The van der Waals surface area contributed by atoms with Gasteiger partial charge in [0.1, 0.15) is 0 Å². The van der Waals surface area contributed by atoms with Crippen LogP contribution in [0.25, 0.3) is 16.8 Å². The van der Waals surface area contributed by atoms with Gasteiger partial charge in [0.25, 0.3) is 0 Å². The van der Waals surface area contributed by atoms with Crippen molar-refractivity contribution in [2.24, 2.45) is 0 Å². The average molecular weight is 262 g/mol. The van der Waals surface area contributed by atoms with Crippen molar-refractivity contribution in [3.8, 4) is 0 Å². The molecule has 2 aromatic carbocycles. The summed E-state index contributed by atoms with van der Waals surface area (Å²) in [6, 6.07) is 13.7. The van der Waals surface area contributed by atoms with E-state index in [0.717, 1.165) is 22.2 Å². The van der Waals surface area contributed by atoms with Gasteiger partial charge in [0.05, 0.1) is 12.0 Å². The topological polar surface area (TPSA) is 45.8 Å². The number of imidazole rings is 1. The lowest BCUT2D eigenvalue weighted by atomic mass is 10.0. The molecule has 0 atom stereocenters. The molecule has 3 nitrogen and oxygen atoms in total. The van der Waals surface area contributed by atoms with Crippen LogP contribution in [0.2, 0.25) is 0 Å². The number of hydrogen-bond acceptors (Lipinski definition) is 2. The Labute approximate surface area is 117 Å². The number of carbonyl (C=O) groups excluding carboxylic acids is 1. The predicted octanol–water partition coefficient (Wildman–Crippen LogP) is 3.77. The molecule has 98 valence electrons. The van der Waals surface area contributed by atoms with Crippen molar-refractivity contribution in [1.82, 2.24) is 9.97 Å². The van der Waals surface area contributed by atoms with Crippen LogP contribution in [0.15, 0.2) is 54.9 Å². The summed E-state index contributed by atoms with van der Waals surface area (Å²) in [6.07, 6.45) is 4.94. The van der Waals surface area contributed by atoms with E-state index >= 15 is 0 Å². The molecule has 0 radical (unpaired) electrons. The number of aryl methyl sites for hydroxylation is 1. The van der Waals surface area contributed by atoms with E-state index in [0.29, 0.717) is 5.56 Å². The van der Waals surface area contributed by atoms with E-state index in [2.05, 4.69) is 9.97 Å². The van der Waals surface area contributed by atoms with Crippen LogP contribution in [0.3, 0.4) is 0 Å². The normalized spacial score (nSPS) is 11.2. The Kier molecular flexibility index (Phi) is 3.17. The molecule has 0 spiro atoms. The number of nitrogens with one attached hydrogen (secondary N) is 1. The van der Waals surface area contributed by atoms with Gasteiger partial charge in [0, 0.05) is 11.3 Å². The van der Waals surface area contributed by atoms with Gasteiger partial charge in [-0.15, -0.1) is 0 Å². The highest BCUT2D eigenvalue weighted by Crippen LogP contribution is 2.19. The molecular formula is C17H14N2O. The first kappa shape index (κ1) is 12.4. The van der Waals surface area contributed by atoms with Gasteiger partial charge < -0.3 is 4.98 Å². The van der Waals surface area contributed by atoms with Gasteiger partial charge in [0.15, 0.2) is 5.78 Å². The molecule has 1 N–H and O–H groups in total. The first-order chi connectivity index (χ1) is 9.75. The number of nitrogens with zero attached hydrogens (tertiary/aromatic N) is 1. The first-order valence-corrected chi connectivity index (χ1v) is 6.46. The fraction of sp³-hybridized carbons (Fsp3) is 0.0588. The number of aromatic amines is 1. The van der Waals surface area contributed by atoms with Gasteiger partial charge in [-0.05, 0) is 29.8 Å². The van der Waals surface area contributed by atoms with Gasteiger partial charge >= 0.3 is 0 Å². The Bertz CT molecular complexity index is 794. The average Bonchev–Trinajstić information content (AvgIpc) is 2.89. The third-order valence-electron chi connectivity index (χ3n) is 3.32. The van der Waals surface area contributed by atoms with E-state index in [4.69, 9.17) is 0 Å². The summed E-state index contributed by atoms with van der Waals surface area (Å²) >= 11 is 0. The summed E-state index contributed by atoms with van der Waals surface area (Å²) < 4.78 is 0. The SMILES string of the molecule is Cc1[nH]cnc1C=CC(=O)c1cccc2ccccc12. The number of benzene rings is 2. The molecular weight excluding hydrogens is 248 g/mol. The molecule has 3 aromatic rings. The number of allylic oxidation sites excluding steroid dienone is 1. The molecule has 0 aliphatic carbocycles. The van der Waals surface area contributed by atoms with E-state index in [-0.39, 0.29) is 5.78 Å². The van der Waals surface area contributed by atoms with Crippen molar-refractivity contribution in [2.45, 2.75) is 6.92 Å². The lowest BCUT2D eigenvalue weighted by molar-refractivity contribution is 0.104. The second kappa shape index (κ2) is 5.13. The monoisotopic (exact) mass is 262 g/mol. The molecule has 0 saturated heterocycles. The van der Waals surface area contributed by atoms with Crippen LogP contribution >= 0.6 is 0 Å². The van der Waals surface area contributed by atoms with Crippen LogP contribution in [-0.4, -0.2) is 15.8 Å². The lowest BCUT2D eigenvalue weighted by Crippen LogP contribution is -1.95. The fourth-order valence-electron chi connectivity index (χ4n) is 2.22. The number of ketones is 1. The molecule has 0 bridgehead atoms. The van der Waals surface area contributed by atoms with Crippen molar-refractivity contribution in [1.29, 1.82) is 0 Å². The summed E-state index contributed by atoms with van der Waals surface area (Å²) in [6.45, 7) is 1.93. The number of fused-ring (bicyclic) bond motifs is 1. The Morgan fingerprint density at radius 1 is 1.15 bits per heavy atom. The number of carbonyl (C=O) groups is 1. The molecule has 3 rings (SSSR count). The highest BCUT2D eigenvalue weighted by atomic mass is 16.1. The zero-order valence-corrected chi connectivity index (χ0v) is 11.1. The molecule has 20 heavy (non-hydrogen) atoms. The minimum Gasteiger partial charge on any atom is -0.348 e. The van der Waals surface area contributed by atoms with E-state index in [1.54, 1.807) is 18.5 Å². The maximum absolute atomic E-state index is 12.3. The van der Waals surface area contributed by atoms with E-state index in [9.17, 15) is 4.79 Å². The minimum atomic E-state index is -0.0100.